The molecule has 0 saturated carbocycles. The maximum absolute atomic E-state index is 12.2. The number of nitrogens with zero attached hydrogens (tertiary/aromatic N) is 5. The van der Waals surface area contributed by atoms with Crippen molar-refractivity contribution in [1.29, 1.82) is 0 Å². The predicted molar refractivity (Wildman–Crippen MR) is 96.7 cm³/mol. The molecular weight excluding hydrogens is 316 g/mol. The lowest BCUT2D eigenvalue weighted by Crippen LogP contribution is -2.19. The van der Waals surface area contributed by atoms with Gasteiger partial charge in [-0.1, -0.05) is 18.2 Å². The quantitative estimate of drug-likeness (QED) is 0.713. The maximum atomic E-state index is 12.2. The Balaban J connectivity index is 1.55. The zero-order chi connectivity index (χ0) is 17.6. The lowest BCUT2D eigenvalue weighted by atomic mass is 10.3. The number of amides is 1. The van der Waals surface area contributed by atoms with Crippen LogP contribution in [0.5, 0.6) is 0 Å². The fraction of sp³-hybridized carbons (Fsp3) is 0.278. The molecule has 0 atom stereocenters. The van der Waals surface area contributed by atoms with Gasteiger partial charge in [0.15, 0.2) is 5.82 Å². The summed E-state index contributed by atoms with van der Waals surface area (Å²) in [6.45, 7) is 1.68. The van der Waals surface area contributed by atoms with E-state index >= 15 is 0 Å². The Morgan fingerprint density at radius 3 is 2.64 bits per heavy atom. The molecule has 2 heterocycles. The lowest BCUT2D eigenvalue weighted by molar-refractivity contribution is -0.115. The maximum Gasteiger partial charge on any atom is 0.231 e. The van der Waals surface area contributed by atoms with Crippen molar-refractivity contribution in [2.45, 2.75) is 13.0 Å². The number of likely N-dealkylation sites (N-methyl/N-ethyl adjacent to an activating group) is 1. The molecular formula is C18H22N6O. The van der Waals surface area contributed by atoms with Crippen molar-refractivity contribution in [2.75, 3.05) is 26.0 Å². The molecule has 0 spiro atoms. The first kappa shape index (κ1) is 16.9. The third kappa shape index (κ3) is 4.77. The van der Waals surface area contributed by atoms with Gasteiger partial charge < -0.3 is 10.2 Å². The minimum Gasteiger partial charge on any atom is -0.309 e. The van der Waals surface area contributed by atoms with E-state index in [-0.39, 0.29) is 12.3 Å². The molecule has 130 valence electrons. The van der Waals surface area contributed by atoms with Gasteiger partial charge in [0.05, 0.1) is 24.3 Å². The van der Waals surface area contributed by atoms with Crippen LogP contribution in [-0.2, 0) is 17.8 Å². The Morgan fingerprint density at radius 2 is 1.88 bits per heavy atom. The third-order valence-electron chi connectivity index (χ3n) is 3.69. The second-order valence-electron chi connectivity index (χ2n) is 6.08. The van der Waals surface area contributed by atoms with E-state index in [2.05, 4.69) is 20.4 Å². The Morgan fingerprint density at radius 1 is 1.08 bits per heavy atom. The Labute approximate surface area is 146 Å². The number of carbonyl (C=O) groups excluding carboxylic acids is 1. The van der Waals surface area contributed by atoms with Crippen molar-refractivity contribution < 1.29 is 4.79 Å². The fourth-order valence-corrected chi connectivity index (χ4v) is 2.39. The lowest BCUT2D eigenvalue weighted by Gasteiger charge is -2.08. The van der Waals surface area contributed by atoms with Crippen LogP contribution in [0.25, 0.3) is 5.69 Å². The van der Waals surface area contributed by atoms with Gasteiger partial charge in [0.25, 0.3) is 0 Å². The van der Waals surface area contributed by atoms with Crippen LogP contribution in [-0.4, -0.2) is 51.0 Å². The van der Waals surface area contributed by atoms with Crippen molar-refractivity contribution in [1.82, 2.24) is 24.5 Å². The number of anilines is 1. The number of aromatic nitrogens is 4. The van der Waals surface area contributed by atoms with Crippen LogP contribution < -0.4 is 5.32 Å². The smallest absolute Gasteiger partial charge is 0.231 e. The number of rotatable bonds is 7. The summed E-state index contributed by atoms with van der Waals surface area (Å²) in [7, 11) is 4.03. The molecule has 0 aliphatic heterocycles. The van der Waals surface area contributed by atoms with E-state index in [1.807, 2.05) is 67.6 Å². The average molecular weight is 338 g/mol. The van der Waals surface area contributed by atoms with Crippen molar-refractivity contribution in [2.24, 2.45) is 0 Å². The van der Waals surface area contributed by atoms with Gasteiger partial charge in [0.1, 0.15) is 0 Å². The van der Waals surface area contributed by atoms with Crippen LogP contribution in [0.15, 0.2) is 54.9 Å². The summed E-state index contributed by atoms with van der Waals surface area (Å²) in [6, 6.07) is 13.5. The summed E-state index contributed by atoms with van der Waals surface area (Å²) in [4.78, 5) is 14.3. The first-order chi connectivity index (χ1) is 12.1. The highest BCUT2D eigenvalue weighted by atomic mass is 16.1. The molecule has 0 unspecified atom stereocenters. The van der Waals surface area contributed by atoms with Crippen molar-refractivity contribution in [3.8, 4) is 5.69 Å². The molecule has 0 aliphatic carbocycles. The van der Waals surface area contributed by atoms with E-state index in [4.69, 9.17) is 0 Å². The molecule has 0 saturated heterocycles. The molecule has 3 rings (SSSR count). The van der Waals surface area contributed by atoms with E-state index < -0.39 is 0 Å². The number of hydrogen-bond donors (Lipinski definition) is 1. The summed E-state index contributed by atoms with van der Waals surface area (Å²) >= 11 is 0. The molecule has 2 aromatic heterocycles. The molecule has 1 N–H and O–H groups in total. The second-order valence-corrected chi connectivity index (χ2v) is 6.08. The van der Waals surface area contributed by atoms with Crippen LogP contribution >= 0.6 is 0 Å². The van der Waals surface area contributed by atoms with E-state index in [9.17, 15) is 4.79 Å². The summed E-state index contributed by atoms with van der Waals surface area (Å²) in [5, 5.41) is 11.6. The highest BCUT2D eigenvalue weighted by Crippen LogP contribution is 2.08. The number of carbonyl (C=O) groups is 1. The summed E-state index contributed by atoms with van der Waals surface area (Å²) < 4.78 is 3.58. The van der Waals surface area contributed by atoms with Crippen LogP contribution in [0.4, 0.5) is 5.82 Å². The Kier molecular flexibility index (Phi) is 5.25. The molecule has 7 heteroatoms. The first-order valence-corrected chi connectivity index (χ1v) is 8.18. The summed E-state index contributed by atoms with van der Waals surface area (Å²) in [6.07, 6.45) is 3.93. The van der Waals surface area contributed by atoms with Gasteiger partial charge in [-0.3, -0.25) is 9.48 Å². The standard InChI is InChI=1S/C18H22N6O/c1-22(2)12-13-23-10-9-17(21-23)19-18(25)14-15-8-11-24(20-15)16-6-4-3-5-7-16/h3-11H,12-14H2,1-2H3,(H,19,21,25). The first-order valence-electron chi connectivity index (χ1n) is 8.18. The number of nitrogens with one attached hydrogen (secondary N) is 1. The van der Waals surface area contributed by atoms with Gasteiger partial charge >= 0.3 is 0 Å². The van der Waals surface area contributed by atoms with E-state index in [0.717, 1.165) is 18.8 Å². The molecule has 0 bridgehead atoms. The second kappa shape index (κ2) is 7.76. The molecule has 0 aliphatic rings. The molecule has 0 radical (unpaired) electrons. The molecule has 25 heavy (non-hydrogen) atoms. The highest BCUT2D eigenvalue weighted by Gasteiger charge is 2.09. The summed E-state index contributed by atoms with van der Waals surface area (Å²) in [5.41, 5.74) is 1.68. The largest absolute Gasteiger partial charge is 0.309 e. The van der Waals surface area contributed by atoms with Crippen molar-refractivity contribution >= 4 is 11.7 Å². The number of benzene rings is 1. The van der Waals surface area contributed by atoms with Crippen LogP contribution in [0.3, 0.4) is 0 Å². The number of hydrogen-bond acceptors (Lipinski definition) is 4. The average Bonchev–Trinajstić information content (AvgIpc) is 3.23. The van der Waals surface area contributed by atoms with Gasteiger partial charge in [-0.05, 0) is 32.3 Å². The Hall–Kier alpha value is -2.93. The van der Waals surface area contributed by atoms with Gasteiger partial charge in [0.2, 0.25) is 5.91 Å². The van der Waals surface area contributed by atoms with Crippen LogP contribution in [0.2, 0.25) is 0 Å². The van der Waals surface area contributed by atoms with Gasteiger partial charge in [0, 0.05) is 25.0 Å². The Bertz CT molecular complexity index is 821. The highest BCUT2D eigenvalue weighted by molar-refractivity contribution is 5.91. The van der Waals surface area contributed by atoms with Gasteiger partial charge in [-0.15, -0.1) is 0 Å². The van der Waals surface area contributed by atoms with E-state index in [1.165, 1.54) is 0 Å². The predicted octanol–water partition coefficient (Wildman–Crippen LogP) is 1.81. The van der Waals surface area contributed by atoms with Crippen LogP contribution in [0, 0.1) is 0 Å². The SMILES string of the molecule is CN(C)CCn1ccc(NC(=O)Cc2ccn(-c3ccccc3)n2)n1. The van der Waals surface area contributed by atoms with Crippen molar-refractivity contribution in [3.05, 3.63) is 60.6 Å². The minimum absolute atomic E-state index is 0.129. The molecule has 1 aromatic carbocycles. The normalized spacial score (nSPS) is 11.0. The van der Waals surface area contributed by atoms with E-state index in [0.29, 0.717) is 11.5 Å². The van der Waals surface area contributed by atoms with E-state index in [1.54, 1.807) is 10.7 Å². The topological polar surface area (TPSA) is 68.0 Å². The summed E-state index contributed by atoms with van der Waals surface area (Å²) in [5.74, 6) is 0.433. The molecule has 1 amide bonds. The monoisotopic (exact) mass is 338 g/mol. The van der Waals surface area contributed by atoms with Gasteiger partial charge in [-0.2, -0.15) is 10.2 Å². The fourth-order valence-electron chi connectivity index (χ4n) is 2.39. The van der Waals surface area contributed by atoms with Crippen LogP contribution in [0.1, 0.15) is 5.69 Å². The van der Waals surface area contributed by atoms with Crippen molar-refractivity contribution in [3.63, 3.8) is 0 Å². The zero-order valence-electron chi connectivity index (χ0n) is 14.5. The molecule has 0 fully saturated rings. The number of para-hydroxylation sites is 1. The zero-order valence-corrected chi connectivity index (χ0v) is 14.5. The molecule has 7 nitrogen and oxygen atoms in total. The molecule has 3 aromatic rings. The minimum atomic E-state index is -0.129. The third-order valence-corrected chi connectivity index (χ3v) is 3.69. The van der Waals surface area contributed by atoms with Gasteiger partial charge in [-0.25, -0.2) is 4.68 Å².